The van der Waals surface area contributed by atoms with Crippen molar-refractivity contribution in [3.05, 3.63) is 24.3 Å². The predicted octanol–water partition coefficient (Wildman–Crippen LogP) is 2.54. The normalized spacial score (nSPS) is 24.1. The summed E-state index contributed by atoms with van der Waals surface area (Å²) in [5, 5.41) is 5.04. The molecule has 0 amide bonds. The summed E-state index contributed by atoms with van der Waals surface area (Å²) >= 11 is 0. The first-order valence-corrected chi connectivity index (χ1v) is 8.25. The predicted molar refractivity (Wildman–Crippen MR) is 74.4 cm³/mol. The Kier molecular flexibility index (Phi) is 4.47. The van der Waals surface area contributed by atoms with E-state index in [2.05, 4.69) is 6.92 Å². The molecule has 0 spiro atoms. The Morgan fingerprint density at radius 1 is 1.26 bits per heavy atom. The van der Waals surface area contributed by atoms with E-state index in [1.54, 1.807) is 12.1 Å². The van der Waals surface area contributed by atoms with Gasteiger partial charge in [-0.3, -0.25) is 0 Å². The molecule has 1 aliphatic carbocycles. The van der Waals surface area contributed by atoms with Gasteiger partial charge in [-0.05, 0) is 48.9 Å². The molecule has 106 valence electrons. The summed E-state index contributed by atoms with van der Waals surface area (Å²) in [5.41, 5.74) is 0. The van der Waals surface area contributed by atoms with Gasteiger partial charge >= 0.3 is 0 Å². The molecule has 5 heteroatoms. The number of primary sulfonamides is 1. The number of sulfonamides is 1. The minimum absolute atomic E-state index is 0.117. The van der Waals surface area contributed by atoms with E-state index in [1.807, 2.05) is 0 Å². The van der Waals surface area contributed by atoms with Gasteiger partial charge in [-0.15, -0.1) is 0 Å². The van der Waals surface area contributed by atoms with Crippen LogP contribution in [0.5, 0.6) is 5.75 Å². The quantitative estimate of drug-likeness (QED) is 0.923. The molecule has 1 aromatic carbocycles. The van der Waals surface area contributed by atoms with Gasteiger partial charge in [0, 0.05) is 0 Å². The van der Waals surface area contributed by atoms with Crippen LogP contribution in [0.25, 0.3) is 0 Å². The van der Waals surface area contributed by atoms with Gasteiger partial charge in [0.15, 0.2) is 0 Å². The maximum Gasteiger partial charge on any atom is 0.238 e. The van der Waals surface area contributed by atoms with Gasteiger partial charge in [0.25, 0.3) is 0 Å². The molecule has 0 aromatic heterocycles. The van der Waals surface area contributed by atoms with Crippen molar-refractivity contribution < 1.29 is 13.2 Å². The van der Waals surface area contributed by atoms with Crippen LogP contribution in [0.15, 0.2) is 29.2 Å². The first-order chi connectivity index (χ1) is 8.95. The van der Waals surface area contributed by atoms with Crippen LogP contribution in [0.1, 0.15) is 32.6 Å². The molecule has 2 N–H and O–H groups in total. The van der Waals surface area contributed by atoms with Crippen molar-refractivity contribution in [3.63, 3.8) is 0 Å². The second-order valence-corrected chi connectivity index (χ2v) is 7.03. The van der Waals surface area contributed by atoms with Crippen LogP contribution in [0.2, 0.25) is 0 Å². The van der Waals surface area contributed by atoms with Gasteiger partial charge in [0.2, 0.25) is 10.0 Å². The Bertz CT molecular complexity index is 510. The Morgan fingerprint density at radius 3 is 2.53 bits per heavy atom. The van der Waals surface area contributed by atoms with Gasteiger partial charge in [-0.2, -0.15) is 0 Å². The second kappa shape index (κ2) is 5.92. The highest BCUT2D eigenvalue weighted by atomic mass is 32.2. The lowest BCUT2D eigenvalue weighted by Crippen LogP contribution is -2.19. The monoisotopic (exact) mass is 283 g/mol. The van der Waals surface area contributed by atoms with E-state index < -0.39 is 10.0 Å². The molecule has 1 fully saturated rings. The number of nitrogens with two attached hydrogens (primary N) is 1. The minimum atomic E-state index is -3.62. The van der Waals surface area contributed by atoms with E-state index in [1.165, 1.54) is 37.8 Å². The summed E-state index contributed by atoms with van der Waals surface area (Å²) in [4.78, 5) is 0.117. The Hall–Kier alpha value is -1.07. The topological polar surface area (TPSA) is 69.4 Å². The smallest absolute Gasteiger partial charge is 0.238 e. The first kappa shape index (κ1) is 14.3. The molecular weight excluding hydrogens is 262 g/mol. The van der Waals surface area contributed by atoms with Crippen LogP contribution in [0, 0.1) is 11.8 Å². The number of hydrogen-bond acceptors (Lipinski definition) is 3. The summed E-state index contributed by atoms with van der Waals surface area (Å²) in [5.74, 6) is 2.10. The fourth-order valence-corrected chi connectivity index (χ4v) is 3.17. The van der Waals surface area contributed by atoms with E-state index in [0.717, 1.165) is 5.92 Å². The van der Waals surface area contributed by atoms with E-state index in [4.69, 9.17) is 9.88 Å². The van der Waals surface area contributed by atoms with E-state index in [9.17, 15) is 8.42 Å². The zero-order valence-corrected chi connectivity index (χ0v) is 12.0. The van der Waals surface area contributed by atoms with Crippen molar-refractivity contribution in [2.24, 2.45) is 17.0 Å². The average Bonchev–Trinajstić information content (AvgIpc) is 2.36. The van der Waals surface area contributed by atoms with Crippen molar-refractivity contribution in [2.45, 2.75) is 37.5 Å². The molecule has 0 heterocycles. The molecule has 1 saturated carbocycles. The zero-order valence-electron chi connectivity index (χ0n) is 11.2. The second-order valence-electron chi connectivity index (χ2n) is 5.47. The largest absolute Gasteiger partial charge is 0.493 e. The van der Waals surface area contributed by atoms with E-state index >= 15 is 0 Å². The minimum Gasteiger partial charge on any atom is -0.493 e. The molecular formula is C14H21NO3S. The molecule has 1 aliphatic rings. The van der Waals surface area contributed by atoms with Gasteiger partial charge in [0.05, 0.1) is 11.5 Å². The highest BCUT2D eigenvalue weighted by Crippen LogP contribution is 2.29. The van der Waals surface area contributed by atoms with Crippen molar-refractivity contribution >= 4 is 10.0 Å². The van der Waals surface area contributed by atoms with Gasteiger partial charge in [-0.25, -0.2) is 13.6 Å². The fourth-order valence-electron chi connectivity index (χ4n) is 2.65. The van der Waals surface area contributed by atoms with Crippen molar-refractivity contribution in [1.29, 1.82) is 0 Å². The number of rotatable bonds is 4. The highest BCUT2D eigenvalue weighted by Gasteiger charge is 2.19. The first-order valence-electron chi connectivity index (χ1n) is 6.71. The number of ether oxygens (including phenoxy) is 1. The summed E-state index contributed by atoms with van der Waals surface area (Å²) in [7, 11) is -3.62. The third-order valence-electron chi connectivity index (χ3n) is 3.68. The number of benzene rings is 1. The van der Waals surface area contributed by atoms with Crippen LogP contribution in [0.3, 0.4) is 0 Å². The lowest BCUT2D eigenvalue weighted by atomic mass is 9.83. The maximum atomic E-state index is 11.1. The molecule has 2 unspecified atom stereocenters. The molecule has 0 bridgehead atoms. The van der Waals surface area contributed by atoms with Crippen molar-refractivity contribution in [1.82, 2.24) is 0 Å². The Labute approximate surface area is 115 Å². The summed E-state index contributed by atoms with van der Waals surface area (Å²) in [6.07, 6.45) is 5.04. The van der Waals surface area contributed by atoms with Crippen LogP contribution < -0.4 is 9.88 Å². The van der Waals surface area contributed by atoms with Gasteiger partial charge in [-0.1, -0.05) is 19.8 Å². The van der Waals surface area contributed by atoms with E-state index in [0.29, 0.717) is 18.3 Å². The molecule has 19 heavy (non-hydrogen) atoms. The highest BCUT2D eigenvalue weighted by molar-refractivity contribution is 7.89. The lowest BCUT2D eigenvalue weighted by Gasteiger charge is -2.26. The standard InChI is InChI=1S/C14H21NO3S/c1-11-3-2-4-12(9-11)10-18-13-5-7-14(8-6-13)19(15,16)17/h5-8,11-12H,2-4,9-10H2,1H3,(H2,15,16,17). The zero-order chi connectivity index (χ0) is 13.9. The SMILES string of the molecule is CC1CCCC(COc2ccc(S(N)(=O)=O)cc2)C1. The van der Waals surface area contributed by atoms with Crippen LogP contribution in [0.4, 0.5) is 0 Å². The Balaban J connectivity index is 1.89. The van der Waals surface area contributed by atoms with Crippen molar-refractivity contribution in [2.75, 3.05) is 6.61 Å². The molecule has 2 atom stereocenters. The summed E-state index contributed by atoms with van der Waals surface area (Å²) < 4.78 is 28.0. The molecule has 2 rings (SSSR count). The van der Waals surface area contributed by atoms with Crippen LogP contribution in [-0.4, -0.2) is 15.0 Å². The van der Waals surface area contributed by atoms with Crippen LogP contribution in [-0.2, 0) is 10.0 Å². The lowest BCUT2D eigenvalue weighted by molar-refractivity contribution is 0.182. The molecule has 0 aliphatic heterocycles. The Morgan fingerprint density at radius 2 is 1.95 bits per heavy atom. The van der Waals surface area contributed by atoms with Crippen LogP contribution >= 0.6 is 0 Å². The molecule has 1 aromatic rings. The third-order valence-corrected chi connectivity index (χ3v) is 4.61. The molecule has 4 nitrogen and oxygen atoms in total. The van der Waals surface area contributed by atoms with Gasteiger partial charge < -0.3 is 4.74 Å². The molecule has 0 saturated heterocycles. The third kappa shape index (κ3) is 4.21. The van der Waals surface area contributed by atoms with Crippen molar-refractivity contribution in [3.8, 4) is 5.75 Å². The fraction of sp³-hybridized carbons (Fsp3) is 0.571. The van der Waals surface area contributed by atoms with Gasteiger partial charge in [0.1, 0.15) is 5.75 Å². The van der Waals surface area contributed by atoms with E-state index in [-0.39, 0.29) is 4.90 Å². The summed E-state index contributed by atoms with van der Waals surface area (Å²) in [6, 6.07) is 6.28. The average molecular weight is 283 g/mol. The summed E-state index contributed by atoms with van der Waals surface area (Å²) in [6.45, 7) is 2.99. The number of hydrogen-bond donors (Lipinski definition) is 1. The maximum absolute atomic E-state index is 11.1. The molecule has 0 radical (unpaired) electrons.